The summed E-state index contributed by atoms with van der Waals surface area (Å²) in [6, 6.07) is 0.881. The summed E-state index contributed by atoms with van der Waals surface area (Å²) in [5.41, 5.74) is 1.48. The van der Waals surface area contributed by atoms with Gasteiger partial charge >= 0.3 is 0 Å². The third-order valence-electron chi connectivity index (χ3n) is 4.01. The van der Waals surface area contributed by atoms with Crippen LogP contribution in [0.25, 0.3) is 0 Å². The highest BCUT2D eigenvalue weighted by Gasteiger charge is 2.40. The second-order valence-electron chi connectivity index (χ2n) is 5.82. The molecule has 1 aliphatic heterocycles. The number of sulfone groups is 1. The van der Waals surface area contributed by atoms with Gasteiger partial charge in [-0.2, -0.15) is 9.40 Å². The summed E-state index contributed by atoms with van der Waals surface area (Å²) < 4.78 is 53.3. The predicted molar refractivity (Wildman–Crippen MR) is 92.2 cm³/mol. The molecule has 0 amide bonds. The summed E-state index contributed by atoms with van der Waals surface area (Å²) in [5.74, 6) is -0.374. The van der Waals surface area contributed by atoms with E-state index in [9.17, 15) is 16.8 Å². The number of hydrogen-bond donors (Lipinski definition) is 0. The molecule has 3 rings (SSSR count). The molecule has 7 nitrogen and oxygen atoms in total. The first-order valence-corrected chi connectivity index (χ1v) is 11.7. The van der Waals surface area contributed by atoms with Gasteiger partial charge in [0, 0.05) is 24.8 Å². The van der Waals surface area contributed by atoms with Gasteiger partial charge in [0.05, 0.1) is 23.7 Å². The average Bonchev–Trinajstić information content (AvgIpc) is 3.14. The third-order valence-corrected chi connectivity index (χ3v) is 9.08. The Morgan fingerprint density at radius 1 is 1.42 bits per heavy atom. The summed E-state index contributed by atoms with van der Waals surface area (Å²) in [4.78, 5) is 0. The maximum absolute atomic E-state index is 13.0. The highest BCUT2D eigenvalue weighted by molar-refractivity contribution is 7.92. The fourth-order valence-corrected chi connectivity index (χ4v) is 7.40. The van der Waals surface area contributed by atoms with Crippen molar-refractivity contribution >= 4 is 31.2 Å². The van der Waals surface area contributed by atoms with Gasteiger partial charge in [0.15, 0.2) is 9.84 Å². The molecule has 10 heteroatoms. The van der Waals surface area contributed by atoms with Gasteiger partial charge < -0.3 is 0 Å². The normalized spacial score (nSPS) is 21.8. The number of rotatable bonds is 4. The second-order valence-corrected chi connectivity index (χ2v) is 11.1. The van der Waals surface area contributed by atoms with Crippen LogP contribution in [0.3, 0.4) is 0 Å². The molecule has 0 N–H and O–H groups in total. The largest absolute Gasteiger partial charge is 0.273 e. The van der Waals surface area contributed by atoms with E-state index < -0.39 is 25.9 Å². The van der Waals surface area contributed by atoms with E-state index in [-0.39, 0.29) is 22.3 Å². The van der Waals surface area contributed by atoms with Gasteiger partial charge in [-0.15, -0.1) is 11.3 Å². The average molecular weight is 390 g/mol. The van der Waals surface area contributed by atoms with E-state index >= 15 is 0 Å². The number of aryl methyl sites for hydroxylation is 2. The zero-order chi connectivity index (χ0) is 17.5. The number of nitrogens with zero attached hydrogens (tertiary/aromatic N) is 3. The molecular weight excluding hydrogens is 370 g/mol. The Hall–Kier alpha value is -1.23. The molecule has 0 aromatic carbocycles. The van der Waals surface area contributed by atoms with Crippen LogP contribution in [0.5, 0.6) is 0 Å². The molecule has 1 saturated heterocycles. The first kappa shape index (κ1) is 17.6. The van der Waals surface area contributed by atoms with Crippen LogP contribution in [0.4, 0.5) is 0 Å². The molecule has 3 heterocycles. The van der Waals surface area contributed by atoms with Crippen LogP contribution < -0.4 is 0 Å². The lowest BCUT2D eigenvalue weighted by Crippen LogP contribution is -2.45. The lowest BCUT2D eigenvalue weighted by Gasteiger charge is -2.33. The molecule has 1 atom stereocenters. The van der Waals surface area contributed by atoms with Crippen molar-refractivity contribution in [3.05, 3.63) is 35.0 Å². The van der Waals surface area contributed by atoms with E-state index in [2.05, 4.69) is 5.10 Å². The van der Waals surface area contributed by atoms with Crippen LogP contribution in [0.2, 0.25) is 0 Å². The zero-order valence-electron chi connectivity index (χ0n) is 13.4. The van der Waals surface area contributed by atoms with Gasteiger partial charge in [-0.05, 0) is 30.9 Å². The Morgan fingerprint density at radius 2 is 2.17 bits per heavy atom. The van der Waals surface area contributed by atoms with Gasteiger partial charge in [-0.1, -0.05) is 0 Å². The minimum Gasteiger partial charge on any atom is -0.273 e. The Morgan fingerprint density at radius 3 is 2.75 bits per heavy atom. The first-order valence-electron chi connectivity index (χ1n) is 7.52. The lowest BCUT2D eigenvalue weighted by molar-refractivity contribution is 0.345. The highest BCUT2D eigenvalue weighted by Crippen LogP contribution is 2.34. The molecule has 1 fully saturated rings. The van der Waals surface area contributed by atoms with Gasteiger partial charge in [0.1, 0.15) is 4.21 Å². The van der Waals surface area contributed by atoms with Crippen LogP contribution in [-0.4, -0.2) is 49.0 Å². The third kappa shape index (κ3) is 3.28. The minimum absolute atomic E-state index is 0.0381. The number of hydrogen-bond acceptors (Lipinski definition) is 6. The maximum atomic E-state index is 13.0. The smallest absolute Gasteiger partial charge is 0.253 e. The van der Waals surface area contributed by atoms with Crippen LogP contribution in [-0.2, 0) is 26.4 Å². The summed E-state index contributed by atoms with van der Waals surface area (Å²) in [7, 11) is -7.02. The monoisotopic (exact) mass is 389 g/mol. The van der Waals surface area contributed by atoms with Crippen molar-refractivity contribution in [2.45, 2.75) is 30.6 Å². The Bertz CT molecular complexity index is 944. The van der Waals surface area contributed by atoms with Crippen LogP contribution in [0.15, 0.2) is 28.0 Å². The van der Waals surface area contributed by atoms with E-state index in [4.69, 9.17) is 0 Å². The van der Waals surface area contributed by atoms with Crippen molar-refractivity contribution in [1.82, 2.24) is 14.1 Å². The second kappa shape index (κ2) is 6.25. The fraction of sp³-hybridized carbons (Fsp3) is 0.500. The minimum atomic E-state index is -3.74. The summed E-state index contributed by atoms with van der Waals surface area (Å²) in [6.45, 7) is 4.34. The molecule has 1 aliphatic rings. The zero-order valence-corrected chi connectivity index (χ0v) is 15.9. The first-order chi connectivity index (χ1) is 11.2. The van der Waals surface area contributed by atoms with Crippen LogP contribution >= 0.6 is 11.3 Å². The standard InChI is InChI=1S/C14H19N3O4S3/c1-3-16-8-12(7-15-16)13-10-23(18,19)5-4-17(13)24(20,21)14-6-11(2)9-22-14/h6-9,13H,3-5,10H2,1-2H3. The fourth-order valence-electron chi connectivity index (χ4n) is 2.72. The molecule has 0 radical (unpaired) electrons. The Balaban J connectivity index is 2.03. The SMILES string of the molecule is CCn1cc(C2CS(=O)(=O)CCN2S(=O)(=O)c2cc(C)cs2)cn1. The van der Waals surface area contributed by atoms with Crippen molar-refractivity contribution in [2.24, 2.45) is 0 Å². The van der Waals surface area contributed by atoms with Gasteiger partial charge in [-0.25, -0.2) is 16.8 Å². The van der Waals surface area contributed by atoms with Crippen molar-refractivity contribution in [1.29, 1.82) is 0 Å². The van der Waals surface area contributed by atoms with E-state index in [0.717, 1.165) is 16.9 Å². The highest BCUT2D eigenvalue weighted by atomic mass is 32.2. The predicted octanol–water partition coefficient (Wildman–Crippen LogP) is 1.43. The van der Waals surface area contributed by atoms with Crippen molar-refractivity contribution in [2.75, 3.05) is 18.1 Å². The molecule has 1 unspecified atom stereocenters. The van der Waals surface area contributed by atoms with E-state index in [1.54, 1.807) is 28.5 Å². The Labute approximate surface area is 145 Å². The number of aromatic nitrogens is 2. The molecule has 132 valence electrons. The summed E-state index contributed by atoms with van der Waals surface area (Å²) in [5, 5.41) is 5.93. The van der Waals surface area contributed by atoms with Crippen molar-refractivity contribution in [3.63, 3.8) is 0 Å². The quantitative estimate of drug-likeness (QED) is 0.789. The molecule has 0 saturated carbocycles. The van der Waals surface area contributed by atoms with E-state index in [1.807, 2.05) is 13.8 Å². The number of sulfonamides is 1. The Kier molecular flexibility index (Phi) is 4.58. The lowest BCUT2D eigenvalue weighted by atomic mass is 10.2. The van der Waals surface area contributed by atoms with Gasteiger partial charge in [0.2, 0.25) is 0 Å². The maximum Gasteiger partial charge on any atom is 0.253 e. The van der Waals surface area contributed by atoms with Crippen LogP contribution in [0, 0.1) is 6.92 Å². The van der Waals surface area contributed by atoms with E-state index in [0.29, 0.717) is 12.1 Å². The van der Waals surface area contributed by atoms with E-state index in [1.165, 1.54) is 4.31 Å². The molecular formula is C14H19N3O4S3. The summed E-state index contributed by atoms with van der Waals surface area (Å²) in [6.07, 6.45) is 3.27. The molecule has 2 aromatic heterocycles. The van der Waals surface area contributed by atoms with Gasteiger partial charge in [0.25, 0.3) is 10.0 Å². The molecule has 0 bridgehead atoms. The molecule has 2 aromatic rings. The van der Waals surface area contributed by atoms with Crippen molar-refractivity contribution < 1.29 is 16.8 Å². The summed E-state index contributed by atoms with van der Waals surface area (Å²) >= 11 is 1.16. The topological polar surface area (TPSA) is 89.3 Å². The van der Waals surface area contributed by atoms with Gasteiger partial charge in [-0.3, -0.25) is 4.68 Å². The van der Waals surface area contributed by atoms with Crippen molar-refractivity contribution in [3.8, 4) is 0 Å². The number of thiophene rings is 1. The molecule has 0 aliphatic carbocycles. The molecule has 0 spiro atoms. The molecule has 24 heavy (non-hydrogen) atoms. The van der Waals surface area contributed by atoms with Crippen LogP contribution in [0.1, 0.15) is 24.1 Å².